The van der Waals surface area contributed by atoms with Crippen LogP contribution in [0.5, 0.6) is 0 Å². The van der Waals surface area contributed by atoms with Crippen LogP contribution in [0, 0.1) is 0 Å². The number of aromatic nitrogens is 2. The zero-order valence-corrected chi connectivity index (χ0v) is 9.70. The molecule has 3 aromatic rings. The highest BCUT2D eigenvalue weighted by Gasteiger charge is 2.30. The molecule has 2 nitrogen and oxygen atoms in total. The third-order valence-corrected chi connectivity index (χ3v) is 2.94. The topological polar surface area (TPSA) is 28.7 Å². The van der Waals surface area contributed by atoms with Crippen molar-refractivity contribution in [1.82, 2.24) is 9.97 Å². The minimum Gasteiger partial charge on any atom is -0.359 e. The summed E-state index contributed by atoms with van der Waals surface area (Å²) in [6.07, 6.45) is -1.02. The van der Waals surface area contributed by atoms with Crippen LogP contribution in [0.2, 0.25) is 0 Å². The lowest BCUT2D eigenvalue weighted by Crippen LogP contribution is -2.04. The van der Waals surface area contributed by atoms with Crippen LogP contribution < -0.4 is 0 Å². The van der Waals surface area contributed by atoms with Crippen molar-refractivity contribution in [3.8, 4) is 11.3 Å². The molecular weight excluding hydrogens is 253 g/mol. The Labute approximate surface area is 106 Å². The lowest BCUT2D eigenvalue weighted by molar-refractivity contribution is -0.137. The summed E-state index contributed by atoms with van der Waals surface area (Å²) in [5.41, 5.74) is 1.04. The van der Waals surface area contributed by atoms with Gasteiger partial charge in [0, 0.05) is 23.3 Å². The first-order valence-corrected chi connectivity index (χ1v) is 5.65. The molecule has 3 rings (SSSR count). The van der Waals surface area contributed by atoms with Gasteiger partial charge in [0.25, 0.3) is 0 Å². The van der Waals surface area contributed by atoms with Gasteiger partial charge in [-0.15, -0.1) is 0 Å². The van der Waals surface area contributed by atoms with Crippen molar-refractivity contribution < 1.29 is 13.2 Å². The van der Waals surface area contributed by atoms with Crippen LogP contribution in [0.25, 0.3) is 22.2 Å². The van der Waals surface area contributed by atoms with E-state index in [1.165, 1.54) is 6.07 Å². The van der Waals surface area contributed by atoms with E-state index in [1.54, 1.807) is 18.5 Å². The van der Waals surface area contributed by atoms with Crippen LogP contribution in [0.3, 0.4) is 0 Å². The summed E-state index contributed by atoms with van der Waals surface area (Å²) >= 11 is 0. The molecule has 0 saturated carbocycles. The van der Waals surface area contributed by atoms with Crippen molar-refractivity contribution in [2.24, 2.45) is 0 Å². The molecule has 1 aromatic carbocycles. The fourth-order valence-electron chi connectivity index (χ4n) is 2.04. The number of hydrogen-bond acceptors (Lipinski definition) is 1. The SMILES string of the molecule is FC(F)(F)c1cccc(-c2nccc3cc[nH]c23)c1. The minimum absolute atomic E-state index is 0.447. The number of nitrogens with zero attached hydrogens (tertiary/aromatic N) is 1. The van der Waals surface area contributed by atoms with Crippen LogP contribution in [-0.4, -0.2) is 9.97 Å². The van der Waals surface area contributed by atoms with Gasteiger partial charge in [-0.25, -0.2) is 0 Å². The molecule has 2 heterocycles. The molecule has 0 bridgehead atoms. The third-order valence-electron chi connectivity index (χ3n) is 2.94. The van der Waals surface area contributed by atoms with Gasteiger partial charge in [0.2, 0.25) is 0 Å². The van der Waals surface area contributed by atoms with E-state index in [4.69, 9.17) is 0 Å². The van der Waals surface area contributed by atoms with E-state index in [1.807, 2.05) is 12.1 Å². The Bertz CT molecular complexity index is 729. The average molecular weight is 262 g/mol. The summed E-state index contributed by atoms with van der Waals surface area (Å²) in [7, 11) is 0. The van der Waals surface area contributed by atoms with Crippen LogP contribution in [0.4, 0.5) is 13.2 Å². The Balaban J connectivity index is 2.19. The number of alkyl halides is 3. The summed E-state index contributed by atoms with van der Waals surface area (Å²) in [6.45, 7) is 0. The summed E-state index contributed by atoms with van der Waals surface area (Å²) < 4.78 is 38.1. The van der Waals surface area contributed by atoms with Gasteiger partial charge in [-0.3, -0.25) is 4.98 Å². The number of hydrogen-bond donors (Lipinski definition) is 1. The molecule has 0 unspecified atom stereocenters. The van der Waals surface area contributed by atoms with Crippen molar-refractivity contribution in [3.05, 3.63) is 54.4 Å². The molecule has 0 spiro atoms. The highest BCUT2D eigenvalue weighted by Crippen LogP contribution is 2.33. The fourth-order valence-corrected chi connectivity index (χ4v) is 2.04. The standard InChI is InChI=1S/C14H9F3N2/c15-14(16,17)11-3-1-2-10(8-11)13-12-9(4-6-18-12)5-7-19-13/h1-8,18H. The maximum atomic E-state index is 12.7. The molecule has 0 aliphatic heterocycles. The molecule has 2 aromatic heterocycles. The molecule has 19 heavy (non-hydrogen) atoms. The predicted molar refractivity (Wildman–Crippen MR) is 66.5 cm³/mol. The van der Waals surface area contributed by atoms with E-state index >= 15 is 0 Å². The Morgan fingerprint density at radius 3 is 2.68 bits per heavy atom. The Morgan fingerprint density at radius 1 is 1.05 bits per heavy atom. The van der Waals surface area contributed by atoms with E-state index in [-0.39, 0.29) is 0 Å². The zero-order chi connectivity index (χ0) is 13.5. The summed E-state index contributed by atoms with van der Waals surface area (Å²) in [6, 6.07) is 8.84. The van der Waals surface area contributed by atoms with Crippen molar-refractivity contribution in [2.75, 3.05) is 0 Å². The van der Waals surface area contributed by atoms with Gasteiger partial charge in [0.1, 0.15) is 0 Å². The number of benzene rings is 1. The molecule has 1 N–H and O–H groups in total. The number of H-pyrrole nitrogens is 1. The predicted octanol–water partition coefficient (Wildman–Crippen LogP) is 4.25. The molecule has 0 aliphatic carbocycles. The van der Waals surface area contributed by atoms with Gasteiger partial charge in [0.15, 0.2) is 0 Å². The number of nitrogens with one attached hydrogen (secondary N) is 1. The molecule has 0 fully saturated rings. The molecular formula is C14H9F3N2. The third kappa shape index (κ3) is 2.07. The van der Waals surface area contributed by atoms with Gasteiger partial charge in [-0.2, -0.15) is 13.2 Å². The summed E-state index contributed by atoms with van der Waals surface area (Å²) in [5, 5.41) is 0.919. The summed E-state index contributed by atoms with van der Waals surface area (Å²) in [5.74, 6) is 0. The highest BCUT2D eigenvalue weighted by molar-refractivity contribution is 5.91. The maximum Gasteiger partial charge on any atom is 0.416 e. The second kappa shape index (κ2) is 4.12. The molecule has 0 saturated heterocycles. The first kappa shape index (κ1) is 11.8. The maximum absolute atomic E-state index is 12.7. The van der Waals surface area contributed by atoms with Crippen molar-refractivity contribution in [3.63, 3.8) is 0 Å². The second-order valence-corrected chi connectivity index (χ2v) is 4.18. The van der Waals surface area contributed by atoms with Crippen LogP contribution >= 0.6 is 0 Å². The van der Waals surface area contributed by atoms with Gasteiger partial charge in [-0.05, 0) is 24.3 Å². The first-order chi connectivity index (χ1) is 9.05. The van der Waals surface area contributed by atoms with Crippen molar-refractivity contribution >= 4 is 10.9 Å². The minimum atomic E-state index is -4.35. The highest BCUT2D eigenvalue weighted by atomic mass is 19.4. The molecule has 0 radical (unpaired) electrons. The number of fused-ring (bicyclic) bond motifs is 1. The monoisotopic (exact) mass is 262 g/mol. The molecule has 5 heteroatoms. The van der Waals surface area contributed by atoms with Gasteiger partial charge < -0.3 is 4.98 Å². The number of aromatic amines is 1. The second-order valence-electron chi connectivity index (χ2n) is 4.18. The first-order valence-electron chi connectivity index (χ1n) is 5.65. The lowest BCUT2D eigenvalue weighted by Gasteiger charge is -2.09. The van der Waals surface area contributed by atoms with E-state index in [0.29, 0.717) is 11.3 Å². The van der Waals surface area contributed by atoms with Crippen LogP contribution in [0.15, 0.2) is 48.8 Å². The largest absolute Gasteiger partial charge is 0.416 e. The Hall–Kier alpha value is -2.30. The van der Waals surface area contributed by atoms with Gasteiger partial charge in [-0.1, -0.05) is 12.1 Å². The van der Waals surface area contributed by atoms with E-state index in [2.05, 4.69) is 9.97 Å². The van der Waals surface area contributed by atoms with Gasteiger partial charge >= 0.3 is 6.18 Å². The summed E-state index contributed by atoms with van der Waals surface area (Å²) in [4.78, 5) is 7.18. The lowest BCUT2D eigenvalue weighted by atomic mass is 10.1. The normalized spacial score (nSPS) is 11.9. The zero-order valence-electron chi connectivity index (χ0n) is 9.70. The fraction of sp³-hybridized carbons (Fsp3) is 0.0714. The number of halogens is 3. The van der Waals surface area contributed by atoms with E-state index in [9.17, 15) is 13.2 Å². The quantitative estimate of drug-likeness (QED) is 0.697. The molecule has 0 amide bonds. The Morgan fingerprint density at radius 2 is 1.89 bits per heavy atom. The van der Waals surface area contributed by atoms with Crippen molar-refractivity contribution in [1.29, 1.82) is 0 Å². The number of pyridine rings is 1. The molecule has 0 aliphatic rings. The number of rotatable bonds is 1. The molecule has 96 valence electrons. The van der Waals surface area contributed by atoms with Crippen molar-refractivity contribution in [2.45, 2.75) is 6.18 Å². The van der Waals surface area contributed by atoms with Gasteiger partial charge in [0.05, 0.1) is 16.8 Å². The average Bonchev–Trinajstić information content (AvgIpc) is 2.86. The van der Waals surface area contributed by atoms with E-state index in [0.717, 1.165) is 23.0 Å². The Kier molecular flexibility index (Phi) is 2.55. The molecule has 0 atom stereocenters. The van der Waals surface area contributed by atoms with Crippen LogP contribution in [-0.2, 0) is 6.18 Å². The smallest absolute Gasteiger partial charge is 0.359 e. The van der Waals surface area contributed by atoms with E-state index < -0.39 is 11.7 Å². The van der Waals surface area contributed by atoms with Crippen LogP contribution in [0.1, 0.15) is 5.56 Å².